The summed E-state index contributed by atoms with van der Waals surface area (Å²) in [5.74, 6) is -3.26. The minimum atomic E-state index is -1.11. The number of fused-ring (bicyclic) bond motifs is 1. The van der Waals surface area contributed by atoms with Gasteiger partial charge in [-0.15, -0.1) is 0 Å². The highest BCUT2D eigenvalue weighted by Gasteiger charge is 2.16. The molecule has 1 aromatic carbocycles. The van der Waals surface area contributed by atoms with Gasteiger partial charge >= 0.3 is 0 Å². The van der Waals surface area contributed by atoms with Crippen LogP contribution >= 0.6 is 11.6 Å². The van der Waals surface area contributed by atoms with E-state index in [4.69, 9.17) is 11.6 Å². The number of nitrogens with zero attached hydrogens (tertiary/aromatic N) is 2. The Morgan fingerprint density at radius 3 is 2.38 bits per heavy atom. The van der Waals surface area contributed by atoms with Gasteiger partial charge in [0, 0.05) is 24.4 Å². The van der Waals surface area contributed by atoms with E-state index in [-0.39, 0.29) is 21.6 Å². The molecule has 0 radical (unpaired) electrons. The molecule has 0 aliphatic rings. The standard InChI is InChI=1S/C14H6ClF3N2O/c15-12-2-1-8-11(21)3-4-20(14(8)19-12)13-9(17)5-7(16)6-10(13)18/h1-6H. The molecular formula is C14H6ClF3N2O. The van der Waals surface area contributed by atoms with E-state index in [0.717, 1.165) is 16.8 Å². The molecule has 0 unspecified atom stereocenters. The summed E-state index contributed by atoms with van der Waals surface area (Å²) in [6.45, 7) is 0. The smallest absolute Gasteiger partial charge is 0.191 e. The largest absolute Gasteiger partial charge is 0.296 e. The highest BCUT2D eigenvalue weighted by atomic mass is 35.5. The monoisotopic (exact) mass is 310 g/mol. The van der Waals surface area contributed by atoms with E-state index in [0.29, 0.717) is 12.1 Å². The third kappa shape index (κ3) is 2.27. The van der Waals surface area contributed by atoms with Gasteiger partial charge in [0.2, 0.25) is 0 Å². The van der Waals surface area contributed by atoms with E-state index < -0.39 is 23.1 Å². The van der Waals surface area contributed by atoms with E-state index in [9.17, 15) is 18.0 Å². The number of aromatic nitrogens is 2. The maximum absolute atomic E-state index is 13.9. The summed E-state index contributed by atoms with van der Waals surface area (Å²) in [5, 5.41) is 0.204. The summed E-state index contributed by atoms with van der Waals surface area (Å²) in [7, 11) is 0. The van der Waals surface area contributed by atoms with Gasteiger partial charge in [-0.3, -0.25) is 9.36 Å². The van der Waals surface area contributed by atoms with Crippen molar-refractivity contribution in [3.8, 4) is 5.69 Å². The van der Waals surface area contributed by atoms with Crippen molar-refractivity contribution in [2.45, 2.75) is 0 Å². The second kappa shape index (κ2) is 4.89. The van der Waals surface area contributed by atoms with Crippen molar-refractivity contribution in [1.82, 2.24) is 9.55 Å². The minimum Gasteiger partial charge on any atom is -0.296 e. The number of benzene rings is 1. The molecular weight excluding hydrogens is 305 g/mol. The van der Waals surface area contributed by atoms with Gasteiger partial charge in [-0.2, -0.15) is 0 Å². The van der Waals surface area contributed by atoms with Crippen molar-refractivity contribution in [2.75, 3.05) is 0 Å². The molecule has 0 atom stereocenters. The second-order valence-electron chi connectivity index (χ2n) is 4.27. The minimum absolute atomic E-state index is 0.0144. The highest BCUT2D eigenvalue weighted by molar-refractivity contribution is 6.29. The molecule has 0 N–H and O–H groups in total. The molecule has 0 fully saturated rings. The van der Waals surface area contributed by atoms with Crippen LogP contribution in [0.1, 0.15) is 0 Å². The third-order valence-electron chi connectivity index (χ3n) is 2.93. The molecule has 7 heteroatoms. The molecule has 3 nitrogen and oxygen atoms in total. The normalized spacial score (nSPS) is 11.0. The molecule has 2 heterocycles. The van der Waals surface area contributed by atoms with Crippen molar-refractivity contribution < 1.29 is 13.2 Å². The van der Waals surface area contributed by atoms with Crippen LogP contribution in [0.4, 0.5) is 13.2 Å². The van der Waals surface area contributed by atoms with Crippen LogP contribution in [-0.2, 0) is 0 Å². The fourth-order valence-electron chi connectivity index (χ4n) is 2.05. The zero-order chi connectivity index (χ0) is 15.1. The zero-order valence-electron chi connectivity index (χ0n) is 10.3. The van der Waals surface area contributed by atoms with Gasteiger partial charge in [-0.25, -0.2) is 18.2 Å². The van der Waals surface area contributed by atoms with Crippen LogP contribution in [0, 0.1) is 17.5 Å². The predicted octanol–water partition coefficient (Wildman–Crippen LogP) is 3.46. The Labute approximate surface area is 121 Å². The number of hydrogen-bond donors (Lipinski definition) is 0. The average molecular weight is 311 g/mol. The van der Waals surface area contributed by atoms with Gasteiger partial charge in [0.1, 0.15) is 22.3 Å². The quantitative estimate of drug-likeness (QED) is 0.645. The summed E-state index contributed by atoms with van der Waals surface area (Å²) >= 11 is 5.76. The average Bonchev–Trinajstić information content (AvgIpc) is 2.40. The molecule has 2 aromatic heterocycles. The molecule has 0 saturated heterocycles. The van der Waals surface area contributed by atoms with Gasteiger partial charge in [0.25, 0.3) is 0 Å². The van der Waals surface area contributed by atoms with Crippen LogP contribution in [0.2, 0.25) is 5.15 Å². The van der Waals surface area contributed by atoms with Gasteiger partial charge in [-0.1, -0.05) is 11.6 Å². The lowest BCUT2D eigenvalue weighted by Gasteiger charge is -2.12. The Morgan fingerprint density at radius 1 is 1.05 bits per heavy atom. The highest BCUT2D eigenvalue weighted by Crippen LogP contribution is 2.22. The number of halogens is 4. The first-order valence-corrected chi connectivity index (χ1v) is 6.18. The van der Waals surface area contributed by atoms with E-state index in [1.54, 1.807) is 0 Å². The van der Waals surface area contributed by atoms with E-state index in [2.05, 4.69) is 4.98 Å². The molecule has 0 saturated carbocycles. The van der Waals surface area contributed by atoms with Crippen LogP contribution < -0.4 is 5.43 Å². The van der Waals surface area contributed by atoms with Crippen LogP contribution in [0.15, 0.2) is 41.3 Å². The topological polar surface area (TPSA) is 34.9 Å². The van der Waals surface area contributed by atoms with E-state index in [1.165, 1.54) is 12.1 Å². The molecule has 0 aliphatic heterocycles. The number of hydrogen-bond acceptors (Lipinski definition) is 2. The summed E-state index contributed by atoms with van der Waals surface area (Å²) in [6, 6.07) is 5.04. The number of rotatable bonds is 1. The Balaban J connectivity index is 2.44. The van der Waals surface area contributed by atoms with Crippen molar-refractivity contribution in [3.05, 3.63) is 69.4 Å². The lowest BCUT2D eigenvalue weighted by molar-refractivity contribution is 0.535. The SMILES string of the molecule is O=c1ccn(-c2c(F)cc(F)cc2F)c2nc(Cl)ccc12. The summed E-state index contributed by atoms with van der Waals surface area (Å²) in [5.41, 5.74) is -0.913. The lowest BCUT2D eigenvalue weighted by atomic mass is 10.2. The van der Waals surface area contributed by atoms with Gasteiger partial charge < -0.3 is 0 Å². The number of pyridine rings is 2. The third-order valence-corrected chi connectivity index (χ3v) is 3.14. The molecule has 3 aromatic rings. The first kappa shape index (κ1) is 13.6. The van der Waals surface area contributed by atoms with Crippen LogP contribution in [0.25, 0.3) is 16.7 Å². The van der Waals surface area contributed by atoms with Crippen LogP contribution in [-0.4, -0.2) is 9.55 Å². The Kier molecular flexibility index (Phi) is 3.17. The fraction of sp³-hybridized carbons (Fsp3) is 0. The lowest BCUT2D eigenvalue weighted by Crippen LogP contribution is -2.11. The fourth-order valence-corrected chi connectivity index (χ4v) is 2.19. The molecule has 3 rings (SSSR count). The Hall–Kier alpha value is -2.34. The molecule has 21 heavy (non-hydrogen) atoms. The second-order valence-corrected chi connectivity index (χ2v) is 4.66. The Bertz CT molecular complexity index is 901. The first-order chi connectivity index (χ1) is 9.97. The van der Waals surface area contributed by atoms with Crippen LogP contribution in [0.5, 0.6) is 0 Å². The Morgan fingerprint density at radius 2 is 1.71 bits per heavy atom. The van der Waals surface area contributed by atoms with Gasteiger partial charge in [-0.05, 0) is 12.1 Å². The maximum Gasteiger partial charge on any atom is 0.191 e. The maximum atomic E-state index is 13.9. The van der Waals surface area contributed by atoms with E-state index in [1.807, 2.05) is 0 Å². The molecule has 106 valence electrons. The summed E-state index contributed by atoms with van der Waals surface area (Å²) < 4.78 is 41.8. The summed E-state index contributed by atoms with van der Waals surface area (Å²) in [6.07, 6.45) is 1.16. The molecule has 0 bridgehead atoms. The van der Waals surface area contributed by atoms with Gasteiger partial charge in [0.15, 0.2) is 17.1 Å². The van der Waals surface area contributed by atoms with Crippen LogP contribution in [0.3, 0.4) is 0 Å². The van der Waals surface area contributed by atoms with Gasteiger partial charge in [0.05, 0.1) is 5.39 Å². The molecule has 0 spiro atoms. The predicted molar refractivity (Wildman–Crippen MR) is 72.2 cm³/mol. The van der Waals surface area contributed by atoms with Crippen molar-refractivity contribution in [2.24, 2.45) is 0 Å². The molecule has 0 amide bonds. The summed E-state index contributed by atoms with van der Waals surface area (Å²) in [4.78, 5) is 15.7. The van der Waals surface area contributed by atoms with E-state index >= 15 is 0 Å². The zero-order valence-corrected chi connectivity index (χ0v) is 11.0. The molecule has 0 aliphatic carbocycles. The van der Waals surface area contributed by atoms with Crippen molar-refractivity contribution >= 4 is 22.6 Å². The van der Waals surface area contributed by atoms with Crippen molar-refractivity contribution in [1.29, 1.82) is 0 Å². The first-order valence-electron chi connectivity index (χ1n) is 5.80. The van der Waals surface area contributed by atoms with Crippen molar-refractivity contribution in [3.63, 3.8) is 0 Å².